The molecule has 2 aromatic rings. The monoisotopic (exact) mass is 297 g/mol. The summed E-state index contributed by atoms with van der Waals surface area (Å²) in [5, 5.41) is 10.0. The lowest BCUT2D eigenvalue weighted by Crippen LogP contribution is -1.87. The second-order valence-electron chi connectivity index (χ2n) is 3.43. The molecule has 0 amide bonds. The smallest absolute Gasteiger partial charge is 0.147 e. The Bertz CT molecular complexity index is 635. The lowest BCUT2D eigenvalue weighted by Gasteiger charge is -2.09. The normalized spacial score (nSPS) is 9.89. The second kappa shape index (κ2) is 5.49. The zero-order valence-corrected chi connectivity index (χ0v) is 11.2. The molecule has 2 nitrogen and oxygen atoms in total. The fourth-order valence-electron chi connectivity index (χ4n) is 1.33. The van der Waals surface area contributed by atoms with Crippen molar-refractivity contribution in [3.63, 3.8) is 0 Å². The van der Waals surface area contributed by atoms with Crippen molar-refractivity contribution in [2.24, 2.45) is 0 Å². The van der Waals surface area contributed by atoms with Gasteiger partial charge in [0.1, 0.15) is 11.5 Å². The van der Waals surface area contributed by atoms with Crippen molar-refractivity contribution >= 4 is 34.8 Å². The van der Waals surface area contributed by atoms with Crippen molar-refractivity contribution in [2.45, 2.75) is 0 Å². The van der Waals surface area contributed by atoms with Gasteiger partial charge in [0.15, 0.2) is 0 Å². The average Bonchev–Trinajstić information content (AvgIpc) is 2.36. The van der Waals surface area contributed by atoms with Crippen LogP contribution >= 0.6 is 34.8 Å². The van der Waals surface area contributed by atoms with Gasteiger partial charge in [-0.15, -0.1) is 0 Å². The molecule has 0 aromatic heterocycles. The van der Waals surface area contributed by atoms with Gasteiger partial charge in [0.25, 0.3) is 0 Å². The van der Waals surface area contributed by atoms with E-state index in [4.69, 9.17) is 44.8 Å². The first kappa shape index (κ1) is 13.0. The van der Waals surface area contributed by atoms with Crippen LogP contribution in [0.25, 0.3) is 0 Å². The molecule has 0 atom stereocenters. The highest BCUT2D eigenvalue weighted by molar-refractivity contribution is 6.34. The molecule has 0 unspecified atom stereocenters. The first-order valence-electron chi connectivity index (χ1n) is 4.92. The summed E-state index contributed by atoms with van der Waals surface area (Å²) in [5.74, 6) is 0.829. The molecule has 18 heavy (non-hydrogen) atoms. The summed E-state index contributed by atoms with van der Waals surface area (Å²) in [6.07, 6.45) is 0. The molecule has 0 saturated heterocycles. The van der Waals surface area contributed by atoms with Crippen LogP contribution in [0.1, 0.15) is 5.56 Å². The van der Waals surface area contributed by atoms with E-state index in [9.17, 15) is 0 Å². The summed E-state index contributed by atoms with van der Waals surface area (Å²) in [5.41, 5.74) is 0.463. The zero-order chi connectivity index (χ0) is 13.1. The summed E-state index contributed by atoms with van der Waals surface area (Å²) >= 11 is 17.8. The van der Waals surface area contributed by atoms with E-state index >= 15 is 0 Å². The Morgan fingerprint density at radius 2 is 1.67 bits per heavy atom. The van der Waals surface area contributed by atoms with Gasteiger partial charge in [-0.1, -0.05) is 34.8 Å². The Morgan fingerprint density at radius 3 is 2.33 bits per heavy atom. The van der Waals surface area contributed by atoms with Gasteiger partial charge in [-0.25, -0.2) is 0 Å². The summed E-state index contributed by atoms with van der Waals surface area (Å²) in [7, 11) is 0. The van der Waals surface area contributed by atoms with Crippen molar-refractivity contribution in [3.05, 3.63) is 57.0 Å². The SMILES string of the molecule is N#Cc1ccc(Oc2cc(Cl)ccc2Cl)c(Cl)c1. The van der Waals surface area contributed by atoms with Crippen LogP contribution in [0.2, 0.25) is 15.1 Å². The van der Waals surface area contributed by atoms with E-state index in [-0.39, 0.29) is 0 Å². The molecule has 0 aliphatic rings. The largest absolute Gasteiger partial charge is 0.454 e. The summed E-state index contributed by atoms with van der Waals surface area (Å²) in [4.78, 5) is 0. The molecule has 90 valence electrons. The van der Waals surface area contributed by atoms with E-state index in [0.717, 1.165) is 0 Å². The maximum Gasteiger partial charge on any atom is 0.147 e. The van der Waals surface area contributed by atoms with Crippen LogP contribution in [-0.2, 0) is 0 Å². The van der Waals surface area contributed by atoms with E-state index in [1.807, 2.05) is 6.07 Å². The molecule has 0 spiro atoms. The minimum atomic E-state index is 0.338. The average molecular weight is 299 g/mol. The van der Waals surface area contributed by atoms with Crippen molar-refractivity contribution in [2.75, 3.05) is 0 Å². The Kier molecular flexibility index (Phi) is 3.98. The summed E-state index contributed by atoms with van der Waals surface area (Å²) in [6, 6.07) is 11.6. The standard InChI is InChI=1S/C13H6Cl3NO/c14-9-2-3-10(15)13(6-9)18-12-4-1-8(7-17)5-11(12)16/h1-6H. The topological polar surface area (TPSA) is 33.0 Å². The minimum absolute atomic E-state index is 0.338. The number of hydrogen-bond donors (Lipinski definition) is 0. The van der Waals surface area contributed by atoms with Crippen molar-refractivity contribution in [1.29, 1.82) is 5.26 Å². The third kappa shape index (κ3) is 2.88. The molecule has 2 aromatic carbocycles. The maximum absolute atomic E-state index is 8.74. The predicted octanol–water partition coefficient (Wildman–Crippen LogP) is 5.31. The van der Waals surface area contributed by atoms with Crippen molar-refractivity contribution < 1.29 is 4.74 Å². The van der Waals surface area contributed by atoms with Crippen LogP contribution < -0.4 is 4.74 Å². The molecular weight excluding hydrogens is 293 g/mol. The fraction of sp³-hybridized carbons (Fsp3) is 0. The number of ether oxygens (including phenoxy) is 1. The lowest BCUT2D eigenvalue weighted by atomic mass is 10.2. The molecular formula is C13H6Cl3NO. The number of rotatable bonds is 2. The highest BCUT2D eigenvalue weighted by Gasteiger charge is 2.08. The lowest BCUT2D eigenvalue weighted by molar-refractivity contribution is 0.483. The number of nitrogens with zero attached hydrogens (tertiary/aromatic N) is 1. The van der Waals surface area contributed by atoms with Crippen LogP contribution in [0.5, 0.6) is 11.5 Å². The molecule has 0 saturated carbocycles. The third-order valence-electron chi connectivity index (χ3n) is 2.17. The van der Waals surface area contributed by atoms with Crippen molar-refractivity contribution in [1.82, 2.24) is 0 Å². The number of hydrogen-bond acceptors (Lipinski definition) is 2. The molecule has 0 bridgehead atoms. The van der Waals surface area contributed by atoms with Gasteiger partial charge < -0.3 is 4.74 Å². The van der Waals surface area contributed by atoms with Gasteiger partial charge in [0, 0.05) is 11.1 Å². The van der Waals surface area contributed by atoms with Gasteiger partial charge >= 0.3 is 0 Å². The van der Waals surface area contributed by atoms with Gasteiger partial charge in [-0.3, -0.25) is 0 Å². The molecule has 0 aliphatic carbocycles. The van der Waals surface area contributed by atoms with E-state index < -0.39 is 0 Å². The molecule has 0 N–H and O–H groups in total. The first-order valence-corrected chi connectivity index (χ1v) is 6.06. The predicted molar refractivity (Wildman–Crippen MR) is 72.7 cm³/mol. The Balaban J connectivity index is 2.34. The zero-order valence-electron chi connectivity index (χ0n) is 8.95. The fourth-order valence-corrected chi connectivity index (χ4v) is 1.86. The Morgan fingerprint density at radius 1 is 0.889 bits per heavy atom. The van der Waals surface area contributed by atoms with Gasteiger partial charge in [0.2, 0.25) is 0 Å². The third-order valence-corrected chi connectivity index (χ3v) is 3.02. The number of halogens is 3. The van der Waals surface area contributed by atoms with E-state index in [2.05, 4.69) is 0 Å². The van der Waals surface area contributed by atoms with E-state index in [1.54, 1.807) is 30.3 Å². The maximum atomic E-state index is 8.74. The van der Waals surface area contributed by atoms with Crippen LogP contribution in [-0.4, -0.2) is 0 Å². The van der Waals surface area contributed by atoms with Crippen LogP contribution in [0.4, 0.5) is 0 Å². The number of nitriles is 1. The molecule has 2 rings (SSSR count). The van der Waals surface area contributed by atoms with Gasteiger partial charge in [-0.05, 0) is 30.3 Å². The highest BCUT2D eigenvalue weighted by Crippen LogP contribution is 2.35. The first-order chi connectivity index (χ1) is 8.60. The van der Waals surface area contributed by atoms with E-state index in [1.165, 1.54) is 6.07 Å². The van der Waals surface area contributed by atoms with Crippen LogP contribution in [0.3, 0.4) is 0 Å². The van der Waals surface area contributed by atoms with Crippen LogP contribution in [0.15, 0.2) is 36.4 Å². The van der Waals surface area contributed by atoms with Crippen molar-refractivity contribution in [3.8, 4) is 17.6 Å². The van der Waals surface area contributed by atoms with Gasteiger partial charge in [0.05, 0.1) is 21.7 Å². The molecule has 0 aliphatic heterocycles. The molecule has 0 heterocycles. The van der Waals surface area contributed by atoms with E-state index in [0.29, 0.717) is 32.1 Å². The minimum Gasteiger partial charge on any atom is -0.454 e. The Hall–Kier alpha value is -1.40. The molecule has 5 heteroatoms. The summed E-state index contributed by atoms with van der Waals surface area (Å²) in [6.45, 7) is 0. The quantitative estimate of drug-likeness (QED) is 0.752. The molecule has 0 radical (unpaired) electrons. The second-order valence-corrected chi connectivity index (χ2v) is 4.68. The van der Waals surface area contributed by atoms with Crippen LogP contribution in [0, 0.1) is 11.3 Å². The molecule has 0 fully saturated rings. The summed E-state index contributed by atoms with van der Waals surface area (Å²) < 4.78 is 5.56. The highest BCUT2D eigenvalue weighted by atomic mass is 35.5. The Labute approximate surface area is 119 Å². The number of benzene rings is 2. The van der Waals surface area contributed by atoms with Gasteiger partial charge in [-0.2, -0.15) is 5.26 Å².